The molecular formula is C12H24N2O. The predicted octanol–water partition coefficient (Wildman–Crippen LogP) is 1.63. The van der Waals surface area contributed by atoms with E-state index in [1.807, 2.05) is 4.90 Å². The lowest BCUT2D eigenvalue weighted by molar-refractivity contribution is -0.129. The Balaban J connectivity index is 2.17. The van der Waals surface area contributed by atoms with Gasteiger partial charge in [-0.3, -0.25) is 4.79 Å². The van der Waals surface area contributed by atoms with Gasteiger partial charge in [0, 0.05) is 26.1 Å². The summed E-state index contributed by atoms with van der Waals surface area (Å²) in [5, 5.41) is 3.45. The number of likely N-dealkylation sites (tertiary alicyclic amines) is 1. The van der Waals surface area contributed by atoms with Gasteiger partial charge < -0.3 is 10.2 Å². The summed E-state index contributed by atoms with van der Waals surface area (Å²) in [5.41, 5.74) is 0. The average Bonchev–Trinajstić information content (AvgIpc) is 2.60. The second-order valence-corrected chi connectivity index (χ2v) is 4.90. The molecular weight excluding hydrogens is 188 g/mol. The highest BCUT2D eigenvalue weighted by Crippen LogP contribution is 2.16. The topological polar surface area (TPSA) is 32.3 Å². The van der Waals surface area contributed by atoms with Crippen LogP contribution in [0.3, 0.4) is 0 Å². The fourth-order valence-electron chi connectivity index (χ4n) is 2.12. The van der Waals surface area contributed by atoms with Crippen LogP contribution in [-0.4, -0.2) is 36.5 Å². The standard InChI is InChI=1S/C12H24N2O/c1-10(2)6-7-13-9-12-5-4-8-14(12)11(3)15/h10,12-13H,4-9H2,1-3H3. The molecule has 1 amide bonds. The minimum absolute atomic E-state index is 0.225. The number of nitrogens with one attached hydrogen (secondary N) is 1. The second kappa shape index (κ2) is 6.11. The smallest absolute Gasteiger partial charge is 0.219 e. The third-order valence-electron chi connectivity index (χ3n) is 3.06. The van der Waals surface area contributed by atoms with Crippen molar-refractivity contribution < 1.29 is 4.79 Å². The lowest BCUT2D eigenvalue weighted by Gasteiger charge is -2.23. The summed E-state index contributed by atoms with van der Waals surface area (Å²) < 4.78 is 0. The van der Waals surface area contributed by atoms with Gasteiger partial charge in [0.05, 0.1) is 0 Å². The number of amides is 1. The molecule has 0 aromatic heterocycles. The van der Waals surface area contributed by atoms with Gasteiger partial charge in [0.15, 0.2) is 0 Å². The molecule has 88 valence electrons. The molecule has 1 saturated heterocycles. The molecule has 1 aliphatic rings. The molecule has 1 atom stereocenters. The lowest BCUT2D eigenvalue weighted by atomic mass is 10.1. The highest BCUT2D eigenvalue weighted by molar-refractivity contribution is 5.73. The monoisotopic (exact) mass is 212 g/mol. The minimum atomic E-state index is 0.225. The molecule has 3 nitrogen and oxygen atoms in total. The van der Waals surface area contributed by atoms with Crippen LogP contribution in [0, 0.1) is 5.92 Å². The van der Waals surface area contributed by atoms with Crippen molar-refractivity contribution in [3.63, 3.8) is 0 Å². The number of hydrogen-bond acceptors (Lipinski definition) is 2. The summed E-state index contributed by atoms with van der Waals surface area (Å²) in [6, 6.07) is 0.440. The average molecular weight is 212 g/mol. The first-order valence-electron chi connectivity index (χ1n) is 6.09. The third-order valence-corrected chi connectivity index (χ3v) is 3.06. The van der Waals surface area contributed by atoms with E-state index in [1.165, 1.54) is 6.42 Å². The number of carbonyl (C=O) groups excluding carboxylic acids is 1. The van der Waals surface area contributed by atoms with Crippen LogP contribution in [0.15, 0.2) is 0 Å². The molecule has 15 heavy (non-hydrogen) atoms. The molecule has 1 rings (SSSR count). The molecule has 3 heteroatoms. The maximum absolute atomic E-state index is 11.3. The molecule has 0 aromatic rings. The van der Waals surface area contributed by atoms with Crippen LogP contribution >= 0.6 is 0 Å². The van der Waals surface area contributed by atoms with Crippen LogP contribution < -0.4 is 5.32 Å². The van der Waals surface area contributed by atoms with Crippen molar-refractivity contribution in [1.82, 2.24) is 10.2 Å². The molecule has 1 unspecified atom stereocenters. The first kappa shape index (κ1) is 12.5. The van der Waals surface area contributed by atoms with E-state index in [4.69, 9.17) is 0 Å². The Morgan fingerprint density at radius 2 is 2.27 bits per heavy atom. The first-order chi connectivity index (χ1) is 7.11. The van der Waals surface area contributed by atoms with Crippen molar-refractivity contribution in [1.29, 1.82) is 0 Å². The quantitative estimate of drug-likeness (QED) is 0.703. The normalized spacial score (nSPS) is 21.3. The number of carbonyl (C=O) groups is 1. The molecule has 0 saturated carbocycles. The zero-order valence-corrected chi connectivity index (χ0v) is 10.3. The summed E-state index contributed by atoms with van der Waals surface area (Å²) in [5.74, 6) is 0.980. The van der Waals surface area contributed by atoms with Crippen molar-refractivity contribution in [2.45, 2.75) is 46.1 Å². The molecule has 0 aliphatic carbocycles. The van der Waals surface area contributed by atoms with E-state index in [1.54, 1.807) is 6.92 Å². The van der Waals surface area contributed by atoms with Crippen LogP contribution in [0.25, 0.3) is 0 Å². The molecule has 0 aromatic carbocycles. The summed E-state index contributed by atoms with van der Waals surface area (Å²) in [6.07, 6.45) is 3.54. The Labute approximate surface area is 93.2 Å². The Morgan fingerprint density at radius 3 is 2.87 bits per heavy atom. The maximum atomic E-state index is 11.3. The minimum Gasteiger partial charge on any atom is -0.339 e. The molecule has 1 fully saturated rings. The van der Waals surface area contributed by atoms with Crippen LogP contribution in [0.5, 0.6) is 0 Å². The van der Waals surface area contributed by atoms with Gasteiger partial charge in [0.25, 0.3) is 0 Å². The van der Waals surface area contributed by atoms with E-state index in [0.717, 1.165) is 38.4 Å². The van der Waals surface area contributed by atoms with Gasteiger partial charge >= 0.3 is 0 Å². The molecule has 1 heterocycles. The van der Waals surface area contributed by atoms with Gasteiger partial charge in [0.2, 0.25) is 5.91 Å². The summed E-state index contributed by atoms with van der Waals surface area (Å²) >= 11 is 0. The number of nitrogens with zero attached hydrogens (tertiary/aromatic N) is 1. The van der Waals surface area contributed by atoms with Crippen LogP contribution in [-0.2, 0) is 4.79 Å². The Kier molecular flexibility index (Phi) is 5.09. The fraction of sp³-hybridized carbons (Fsp3) is 0.917. The van der Waals surface area contributed by atoms with E-state index in [-0.39, 0.29) is 5.91 Å². The molecule has 0 bridgehead atoms. The van der Waals surface area contributed by atoms with Crippen molar-refractivity contribution >= 4 is 5.91 Å². The molecule has 1 N–H and O–H groups in total. The highest BCUT2D eigenvalue weighted by atomic mass is 16.2. The highest BCUT2D eigenvalue weighted by Gasteiger charge is 2.25. The Bertz CT molecular complexity index is 204. The maximum Gasteiger partial charge on any atom is 0.219 e. The summed E-state index contributed by atoms with van der Waals surface area (Å²) in [7, 11) is 0. The summed E-state index contributed by atoms with van der Waals surface area (Å²) in [6.45, 7) is 9.13. The number of rotatable bonds is 5. The van der Waals surface area contributed by atoms with E-state index < -0.39 is 0 Å². The van der Waals surface area contributed by atoms with E-state index >= 15 is 0 Å². The van der Waals surface area contributed by atoms with Crippen molar-refractivity contribution in [3.05, 3.63) is 0 Å². The fourth-order valence-corrected chi connectivity index (χ4v) is 2.12. The molecule has 0 spiro atoms. The van der Waals surface area contributed by atoms with E-state index in [9.17, 15) is 4.79 Å². The second-order valence-electron chi connectivity index (χ2n) is 4.90. The Hall–Kier alpha value is -0.570. The first-order valence-corrected chi connectivity index (χ1v) is 6.09. The third kappa shape index (κ3) is 4.20. The van der Waals surface area contributed by atoms with Crippen molar-refractivity contribution in [2.75, 3.05) is 19.6 Å². The predicted molar refractivity (Wildman–Crippen MR) is 62.7 cm³/mol. The van der Waals surface area contributed by atoms with Gasteiger partial charge in [-0.25, -0.2) is 0 Å². The SMILES string of the molecule is CC(=O)N1CCCC1CNCCC(C)C. The van der Waals surface area contributed by atoms with E-state index in [2.05, 4.69) is 19.2 Å². The van der Waals surface area contributed by atoms with Gasteiger partial charge in [-0.05, 0) is 31.7 Å². The van der Waals surface area contributed by atoms with Crippen molar-refractivity contribution in [3.8, 4) is 0 Å². The zero-order valence-electron chi connectivity index (χ0n) is 10.3. The van der Waals surface area contributed by atoms with Crippen molar-refractivity contribution in [2.24, 2.45) is 5.92 Å². The lowest BCUT2D eigenvalue weighted by Crippen LogP contribution is -2.40. The number of hydrogen-bond donors (Lipinski definition) is 1. The van der Waals surface area contributed by atoms with Crippen LogP contribution in [0.2, 0.25) is 0 Å². The summed E-state index contributed by atoms with van der Waals surface area (Å²) in [4.78, 5) is 13.3. The van der Waals surface area contributed by atoms with Gasteiger partial charge in [-0.2, -0.15) is 0 Å². The largest absolute Gasteiger partial charge is 0.339 e. The van der Waals surface area contributed by atoms with Gasteiger partial charge in [-0.1, -0.05) is 13.8 Å². The van der Waals surface area contributed by atoms with Crippen LogP contribution in [0.1, 0.15) is 40.0 Å². The van der Waals surface area contributed by atoms with Crippen LogP contribution in [0.4, 0.5) is 0 Å². The van der Waals surface area contributed by atoms with Gasteiger partial charge in [-0.15, -0.1) is 0 Å². The van der Waals surface area contributed by atoms with Gasteiger partial charge in [0.1, 0.15) is 0 Å². The molecule has 1 aliphatic heterocycles. The Morgan fingerprint density at radius 1 is 1.53 bits per heavy atom. The molecule has 0 radical (unpaired) electrons. The van der Waals surface area contributed by atoms with E-state index in [0.29, 0.717) is 6.04 Å². The zero-order chi connectivity index (χ0) is 11.3.